The van der Waals surface area contributed by atoms with Crippen molar-refractivity contribution in [1.29, 1.82) is 0 Å². The lowest BCUT2D eigenvalue weighted by molar-refractivity contribution is -0.384. The summed E-state index contributed by atoms with van der Waals surface area (Å²) >= 11 is 0. The maximum absolute atomic E-state index is 12.6. The van der Waals surface area contributed by atoms with Gasteiger partial charge < -0.3 is 10.6 Å². The Morgan fingerprint density at radius 3 is 2.81 bits per heavy atom. The standard InChI is InChI=1S/C15H21N3O3/c1-3-7-15(8-4-9-16-15)14(19)17-13-6-5-12(18(20)21)10-11(13)2/h5-6,10,16H,3-4,7-9H2,1-2H3,(H,17,19). The van der Waals surface area contributed by atoms with Crippen LogP contribution in [0.5, 0.6) is 0 Å². The Hall–Kier alpha value is -1.95. The summed E-state index contributed by atoms with van der Waals surface area (Å²) in [6.07, 6.45) is 3.55. The maximum atomic E-state index is 12.6. The summed E-state index contributed by atoms with van der Waals surface area (Å²) in [4.78, 5) is 22.9. The van der Waals surface area contributed by atoms with Crippen molar-refractivity contribution in [2.24, 2.45) is 0 Å². The molecule has 114 valence electrons. The minimum Gasteiger partial charge on any atom is -0.324 e. The Kier molecular flexibility index (Phi) is 4.57. The zero-order chi connectivity index (χ0) is 15.5. The molecule has 0 radical (unpaired) electrons. The number of nitrogens with zero attached hydrogens (tertiary/aromatic N) is 1. The number of rotatable bonds is 5. The molecule has 1 aromatic rings. The highest BCUT2D eigenvalue weighted by molar-refractivity contribution is 5.99. The molecule has 1 saturated heterocycles. The fraction of sp³-hybridized carbons (Fsp3) is 0.533. The van der Waals surface area contributed by atoms with E-state index in [2.05, 4.69) is 17.6 Å². The molecule has 0 aliphatic carbocycles. The van der Waals surface area contributed by atoms with Gasteiger partial charge in [-0.1, -0.05) is 13.3 Å². The Labute approximate surface area is 124 Å². The van der Waals surface area contributed by atoms with Gasteiger partial charge in [0.15, 0.2) is 0 Å². The third kappa shape index (κ3) is 3.21. The van der Waals surface area contributed by atoms with Crippen molar-refractivity contribution in [2.75, 3.05) is 11.9 Å². The van der Waals surface area contributed by atoms with E-state index in [-0.39, 0.29) is 11.6 Å². The monoisotopic (exact) mass is 291 g/mol. The topological polar surface area (TPSA) is 84.3 Å². The molecule has 1 heterocycles. The van der Waals surface area contributed by atoms with Gasteiger partial charge in [0.2, 0.25) is 5.91 Å². The predicted octanol–water partition coefficient (Wildman–Crippen LogP) is 2.76. The summed E-state index contributed by atoms with van der Waals surface area (Å²) in [5.41, 5.74) is 0.868. The van der Waals surface area contributed by atoms with Gasteiger partial charge in [-0.15, -0.1) is 0 Å². The van der Waals surface area contributed by atoms with Crippen molar-refractivity contribution >= 4 is 17.3 Å². The van der Waals surface area contributed by atoms with Crippen LogP contribution in [-0.2, 0) is 4.79 Å². The third-order valence-electron chi connectivity index (χ3n) is 4.02. The Balaban J connectivity index is 2.17. The number of hydrogen-bond acceptors (Lipinski definition) is 4. The number of carbonyl (C=O) groups is 1. The molecule has 1 unspecified atom stereocenters. The van der Waals surface area contributed by atoms with Crippen molar-refractivity contribution in [2.45, 2.75) is 45.1 Å². The van der Waals surface area contributed by atoms with Gasteiger partial charge in [-0.25, -0.2) is 0 Å². The zero-order valence-corrected chi connectivity index (χ0v) is 12.4. The molecule has 21 heavy (non-hydrogen) atoms. The lowest BCUT2D eigenvalue weighted by Crippen LogP contribution is -2.50. The molecule has 0 spiro atoms. The van der Waals surface area contributed by atoms with Crippen LogP contribution < -0.4 is 10.6 Å². The van der Waals surface area contributed by atoms with E-state index in [0.29, 0.717) is 11.3 Å². The number of carbonyl (C=O) groups excluding carboxylic acids is 1. The average Bonchev–Trinajstić information content (AvgIpc) is 2.91. The number of anilines is 1. The molecule has 6 nitrogen and oxygen atoms in total. The molecule has 1 aliphatic rings. The number of non-ortho nitro benzene ring substituents is 1. The van der Waals surface area contributed by atoms with Gasteiger partial charge in [0.05, 0.1) is 10.5 Å². The van der Waals surface area contributed by atoms with Crippen LogP contribution in [0.3, 0.4) is 0 Å². The summed E-state index contributed by atoms with van der Waals surface area (Å²) in [5.74, 6) is -0.0428. The fourth-order valence-corrected chi connectivity index (χ4v) is 2.90. The molecule has 0 saturated carbocycles. The number of nitro benzene ring substituents is 1. The Morgan fingerprint density at radius 2 is 2.29 bits per heavy atom. The maximum Gasteiger partial charge on any atom is 0.269 e. The first-order valence-corrected chi connectivity index (χ1v) is 7.30. The van der Waals surface area contributed by atoms with E-state index in [1.807, 2.05) is 0 Å². The van der Waals surface area contributed by atoms with Gasteiger partial charge in [-0.2, -0.15) is 0 Å². The first-order valence-electron chi connectivity index (χ1n) is 7.30. The molecule has 1 aromatic carbocycles. The summed E-state index contributed by atoms with van der Waals surface area (Å²) in [7, 11) is 0. The quantitative estimate of drug-likeness (QED) is 0.645. The van der Waals surface area contributed by atoms with Crippen molar-refractivity contribution in [3.05, 3.63) is 33.9 Å². The molecule has 2 N–H and O–H groups in total. The van der Waals surface area contributed by atoms with Crippen LogP contribution in [0, 0.1) is 17.0 Å². The van der Waals surface area contributed by atoms with Crippen LogP contribution >= 0.6 is 0 Å². The van der Waals surface area contributed by atoms with E-state index in [1.54, 1.807) is 13.0 Å². The molecule has 1 aliphatic heterocycles. The predicted molar refractivity (Wildman–Crippen MR) is 81.3 cm³/mol. The van der Waals surface area contributed by atoms with E-state index < -0.39 is 10.5 Å². The van der Waals surface area contributed by atoms with Crippen molar-refractivity contribution in [3.8, 4) is 0 Å². The van der Waals surface area contributed by atoms with Crippen molar-refractivity contribution in [1.82, 2.24) is 5.32 Å². The molecule has 2 rings (SSSR count). The van der Waals surface area contributed by atoms with Crippen LogP contribution in [0.2, 0.25) is 0 Å². The molecule has 1 atom stereocenters. The fourth-order valence-electron chi connectivity index (χ4n) is 2.90. The second-order valence-corrected chi connectivity index (χ2v) is 5.57. The zero-order valence-electron chi connectivity index (χ0n) is 12.4. The smallest absolute Gasteiger partial charge is 0.269 e. The summed E-state index contributed by atoms with van der Waals surface area (Å²) in [6, 6.07) is 4.49. The van der Waals surface area contributed by atoms with Gasteiger partial charge in [0.1, 0.15) is 0 Å². The first kappa shape index (κ1) is 15.4. The second-order valence-electron chi connectivity index (χ2n) is 5.57. The second kappa shape index (κ2) is 6.22. The molecule has 6 heteroatoms. The SMILES string of the molecule is CCCC1(C(=O)Nc2ccc([N+](=O)[O-])cc2C)CCCN1. The van der Waals surface area contributed by atoms with Crippen LogP contribution in [0.15, 0.2) is 18.2 Å². The average molecular weight is 291 g/mol. The molecule has 1 amide bonds. The van der Waals surface area contributed by atoms with E-state index in [4.69, 9.17) is 0 Å². The minimum atomic E-state index is -0.497. The lowest BCUT2D eigenvalue weighted by atomic mass is 9.90. The van der Waals surface area contributed by atoms with Crippen molar-refractivity contribution < 1.29 is 9.72 Å². The molecular weight excluding hydrogens is 270 g/mol. The number of benzene rings is 1. The van der Waals surface area contributed by atoms with E-state index in [1.165, 1.54) is 12.1 Å². The largest absolute Gasteiger partial charge is 0.324 e. The van der Waals surface area contributed by atoms with E-state index in [9.17, 15) is 14.9 Å². The normalized spacial score (nSPS) is 21.2. The van der Waals surface area contributed by atoms with Gasteiger partial charge >= 0.3 is 0 Å². The highest BCUT2D eigenvalue weighted by Gasteiger charge is 2.40. The highest BCUT2D eigenvalue weighted by Crippen LogP contribution is 2.28. The first-order chi connectivity index (χ1) is 9.98. The summed E-state index contributed by atoms with van der Waals surface area (Å²) in [5, 5.41) is 17.0. The summed E-state index contributed by atoms with van der Waals surface area (Å²) in [6.45, 7) is 4.68. The minimum absolute atomic E-state index is 0.0350. The third-order valence-corrected chi connectivity index (χ3v) is 4.02. The number of nitro groups is 1. The van der Waals surface area contributed by atoms with Crippen molar-refractivity contribution in [3.63, 3.8) is 0 Å². The van der Waals surface area contributed by atoms with Crippen LogP contribution in [-0.4, -0.2) is 22.9 Å². The summed E-state index contributed by atoms with van der Waals surface area (Å²) < 4.78 is 0. The van der Waals surface area contributed by atoms with Crippen LogP contribution in [0.25, 0.3) is 0 Å². The Bertz CT molecular complexity index is 551. The highest BCUT2D eigenvalue weighted by atomic mass is 16.6. The van der Waals surface area contributed by atoms with E-state index >= 15 is 0 Å². The van der Waals surface area contributed by atoms with Crippen LogP contribution in [0.4, 0.5) is 11.4 Å². The lowest BCUT2D eigenvalue weighted by Gasteiger charge is -2.28. The molecule has 0 aromatic heterocycles. The number of amides is 1. The van der Waals surface area contributed by atoms with Gasteiger partial charge in [0, 0.05) is 17.8 Å². The van der Waals surface area contributed by atoms with Crippen LogP contribution in [0.1, 0.15) is 38.2 Å². The van der Waals surface area contributed by atoms with Gasteiger partial charge in [-0.3, -0.25) is 14.9 Å². The van der Waals surface area contributed by atoms with Gasteiger partial charge in [0.25, 0.3) is 5.69 Å². The molecular formula is C15H21N3O3. The number of hydrogen-bond donors (Lipinski definition) is 2. The van der Waals surface area contributed by atoms with E-state index in [0.717, 1.165) is 32.2 Å². The molecule has 1 fully saturated rings. The number of aryl methyl sites for hydroxylation is 1. The van der Waals surface area contributed by atoms with Gasteiger partial charge in [-0.05, 0) is 44.4 Å². The Morgan fingerprint density at radius 1 is 1.52 bits per heavy atom. The number of nitrogens with one attached hydrogen (secondary N) is 2. The molecule has 0 bridgehead atoms.